The van der Waals surface area contributed by atoms with Gasteiger partial charge in [-0.15, -0.1) is 0 Å². The molecule has 0 radical (unpaired) electrons. The highest BCUT2D eigenvalue weighted by molar-refractivity contribution is 5.97. The number of nitrogens with zero attached hydrogens (tertiary/aromatic N) is 3. The van der Waals surface area contributed by atoms with Crippen molar-refractivity contribution in [2.45, 2.75) is 0 Å². The van der Waals surface area contributed by atoms with Crippen molar-refractivity contribution in [1.82, 2.24) is 15.8 Å². The summed E-state index contributed by atoms with van der Waals surface area (Å²) in [6, 6.07) is 12.7. The summed E-state index contributed by atoms with van der Waals surface area (Å²) in [4.78, 5) is 28.4. The summed E-state index contributed by atoms with van der Waals surface area (Å²) >= 11 is 0. The minimum atomic E-state index is -0.719. The molecule has 0 aliphatic carbocycles. The van der Waals surface area contributed by atoms with E-state index in [0.29, 0.717) is 0 Å². The fourth-order valence-electron chi connectivity index (χ4n) is 2.43. The van der Waals surface area contributed by atoms with Crippen LogP contribution in [0.4, 0.5) is 0 Å². The predicted octanol–water partition coefficient (Wildman–Crippen LogP) is 1.43. The van der Waals surface area contributed by atoms with Gasteiger partial charge in [0.1, 0.15) is 11.4 Å². The number of phenolic OH excluding ortho intramolecular Hbond substituents is 4. The number of pyridine rings is 1. The second kappa shape index (κ2) is 9.71. The lowest BCUT2D eigenvalue weighted by Gasteiger charge is -2.04. The van der Waals surface area contributed by atoms with Crippen LogP contribution < -0.4 is 10.9 Å². The van der Waals surface area contributed by atoms with Gasteiger partial charge in [0.2, 0.25) is 0 Å². The van der Waals surface area contributed by atoms with Crippen LogP contribution in [0, 0.1) is 0 Å². The van der Waals surface area contributed by atoms with Crippen LogP contribution in [0.5, 0.6) is 23.0 Å². The molecule has 1 heterocycles. The lowest BCUT2D eigenvalue weighted by atomic mass is 10.2. The average molecular weight is 435 g/mol. The number of nitrogens with one attached hydrogen (secondary N) is 2. The van der Waals surface area contributed by atoms with Gasteiger partial charge in [-0.25, -0.2) is 15.8 Å². The highest BCUT2D eigenvalue weighted by Crippen LogP contribution is 2.27. The van der Waals surface area contributed by atoms with Crippen molar-refractivity contribution in [3.05, 3.63) is 77.1 Å². The highest BCUT2D eigenvalue weighted by Gasteiger charge is 2.12. The van der Waals surface area contributed by atoms with E-state index in [0.717, 1.165) is 12.4 Å². The molecule has 2 aromatic carbocycles. The molecule has 32 heavy (non-hydrogen) atoms. The average Bonchev–Trinajstić information content (AvgIpc) is 2.79. The molecule has 0 aliphatic rings. The maximum absolute atomic E-state index is 12.2. The maximum Gasteiger partial charge on any atom is 0.289 e. The monoisotopic (exact) mass is 435 g/mol. The zero-order chi connectivity index (χ0) is 23.1. The molecule has 0 aliphatic heterocycles. The van der Waals surface area contributed by atoms with Crippen molar-refractivity contribution < 1.29 is 30.0 Å². The quantitative estimate of drug-likeness (QED) is 0.193. The van der Waals surface area contributed by atoms with Crippen molar-refractivity contribution in [3.8, 4) is 23.0 Å². The van der Waals surface area contributed by atoms with Crippen LogP contribution >= 0.6 is 0 Å². The van der Waals surface area contributed by atoms with E-state index in [2.05, 4.69) is 26.0 Å². The molecule has 0 unspecified atom stereocenters. The van der Waals surface area contributed by atoms with Gasteiger partial charge in [0.25, 0.3) is 11.8 Å². The van der Waals surface area contributed by atoms with Crippen LogP contribution in [0.2, 0.25) is 0 Å². The van der Waals surface area contributed by atoms with Crippen LogP contribution in [0.1, 0.15) is 32.1 Å². The molecule has 11 heteroatoms. The summed E-state index contributed by atoms with van der Waals surface area (Å²) < 4.78 is 0. The molecule has 0 spiro atoms. The Bertz CT molecular complexity index is 1130. The summed E-state index contributed by atoms with van der Waals surface area (Å²) in [6.07, 6.45) is 2.27. The van der Waals surface area contributed by atoms with Crippen molar-refractivity contribution in [2.75, 3.05) is 0 Å². The fraction of sp³-hybridized carbons (Fsp3) is 0. The molecule has 3 rings (SSSR count). The van der Waals surface area contributed by atoms with E-state index in [1.165, 1.54) is 54.6 Å². The summed E-state index contributed by atoms with van der Waals surface area (Å²) in [5.74, 6) is -2.87. The largest absolute Gasteiger partial charge is 0.504 e. The first-order chi connectivity index (χ1) is 15.4. The van der Waals surface area contributed by atoms with Gasteiger partial charge in [0, 0.05) is 11.1 Å². The lowest BCUT2D eigenvalue weighted by molar-refractivity contribution is 0.0945. The molecule has 0 saturated heterocycles. The van der Waals surface area contributed by atoms with Crippen LogP contribution in [-0.2, 0) is 0 Å². The number of para-hydroxylation sites is 2. The van der Waals surface area contributed by atoms with Gasteiger partial charge < -0.3 is 20.4 Å². The Morgan fingerprint density at radius 1 is 0.688 bits per heavy atom. The molecule has 1 aromatic heterocycles. The maximum atomic E-state index is 12.2. The Labute approximate surface area is 181 Å². The van der Waals surface area contributed by atoms with E-state index in [1.807, 2.05) is 0 Å². The summed E-state index contributed by atoms with van der Waals surface area (Å²) in [6.45, 7) is 0. The first-order valence-corrected chi connectivity index (χ1v) is 9.02. The molecule has 3 aromatic rings. The summed E-state index contributed by atoms with van der Waals surface area (Å²) in [7, 11) is 0. The molecule has 0 fully saturated rings. The van der Waals surface area contributed by atoms with Gasteiger partial charge in [-0.3, -0.25) is 9.59 Å². The van der Waals surface area contributed by atoms with Crippen molar-refractivity contribution >= 4 is 24.2 Å². The SMILES string of the molecule is O=C(NN=Cc1cccc(O)c1O)c1cccc(C(=O)NN=Cc2cccc(O)c2O)n1. The molecule has 11 nitrogen and oxygen atoms in total. The van der Waals surface area contributed by atoms with Gasteiger partial charge in [-0.1, -0.05) is 18.2 Å². The number of rotatable bonds is 6. The number of hydrogen-bond acceptors (Lipinski definition) is 9. The van der Waals surface area contributed by atoms with Gasteiger partial charge >= 0.3 is 0 Å². The number of benzene rings is 2. The lowest BCUT2D eigenvalue weighted by Crippen LogP contribution is -2.23. The number of aromatic hydroxyl groups is 4. The number of amides is 2. The van der Waals surface area contributed by atoms with E-state index >= 15 is 0 Å². The van der Waals surface area contributed by atoms with Crippen LogP contribution in [0.3, 0.4) is 0 Å². The molecule has 0 atom stereocenters. The van der Waals surface area contributed by atoms with Crippen LogP contribution in [0.25, 0.3) is 0 Å². The van der Waals surface area contributed by atoms with E-state index in [9.17, 15) is 30.0 Å². The Morgan fingerprint density at radius 2 is 1.09 bits per heavy atom. The number of hydrogen-bond donors (Lipinski definition) is 6. The van der Waals surface area contributed by atoms with E-state index < -0.39 is 11.8 Å². The topological polar surface area (TPSA) is 177 Å². The Morgan fingerprint density at radius 3 is 1.53 bits per heavy atom. The molecule has 0 saturated carbocycles. The third-order valence-electron chi connectivity index (χ3n) is 4.05. The van der Waals surface area contributed by atoms with Crippen LogP contribution in [0.15, 0.2) is 64.8 Å². The van der Waals surface area contributed by atoms with E-state index in [4.69, 9.17) is 0 Å². The Kier molecular flexibility index (Phi) is 6.61. The van der Waals surface area contributed by atoms with Crippen molar-refractivity contribution in [3.63, 3.8) is 0 Å². The van der Waals surface area contributed by atoms with Crippen LogP contribution in [-0.4, -0.2) is 49.7 Å². The van der Waals surface area contributed by atoms with E-state index in [1.54, 1.807) is 0 Å². The molecular weight excluding hydrogens is 418 g/mol. The minimum Gasteiger partial charge on any atom is -0.504 e. The van der Waals surface area contributed by atoms with Gasteiger partial charge in [-0.2, -0.15) is 10.2 Å². The number of carbonyl (C=O) groups is 2. The molecular formula is C21H17N5O6. The fourth-order valence-corrected chi connectivity index (χ4v) is 2.43. The molecule has 162 valence electrons. The normalized spacial score (nSPS) is 11.0. The van der Waals surface area contributed by atoms with Crippen molar-refractivity contribution in [1.29, 1.82) is 0 Å². The zero-order valence-electron chi connectivity index (χ0n) is 16.3. The summed E-state index contributed by atoms with van der Waals surface area (Å²) in [5.41, 5.74) is 4.55. The number of aromatic nitrogens is 1. The third-order valence-corrected chi connectivity index (χ3v) is 4.05. The minimum absolute atomic E-state index is 0.107. The Hall–Kier alpha value is -4.93. The second-order valence-electron chi connectivity index (χ2n) is 6.24. The molecule has 6 N–H and O–H groups in total. The van der Waals surface area contributed by atoms with Gasteiger partial charge in [0.05, 0.1) is 12.4 Å². The second-order valence-corrected chi connectivity index (χ2v) is 6.24. The standard InChI is InChI=1S/C21H17N5O6/c27-16-8-1-4-12(18(16)29)10-22-25-20(31)14-6-3-7-15(24-14)21(32)26-23-11-13-5-2-9-17(28)19(13)30/h1-11,27-30H,(H,25,31)(H,26,32). The smallest absolute Gasteiger partial charge is 0.289 e. The first-order valence-electron chi connectivity index (χ1n) is 9.02. The highest BCUT2D eigenvalue weighted by atomic mass is 16.3. The zero-order valence-corrected chi connectivity index (χ0v) is 16.3. The number of hydrazone groups is 2. The van der Waals surface area contributed by atoms with Gasteiger partial charge in [0.15, 0.2) is 23.0 Å². The Balaban J connectivity index is 1.63. The third kappa shape index (κ3) is 5.16. The first kappa shape index (κ1) is 21.8. The number of phenols is 4. The number of carbonyl (C=O) groups excluding carboxylic acids is 2. The molecule has 2 amide bonds. The summed E-state index contributed by atoms with van der Waals surface area (Å²) in [5, 5.41) is 45.7. The van der Waals surface area contributed by atoms with Gasteiger partial charge in [-0.05, 0) is 36.4 Å². The predicted molar refractivity (Wildman–Crippen MR) is 114 cm³/mol. The molecule has 0 bridgehead atoms. The van der Waals surface area contributed by atoms with Crippen molar-refractivity contribution in [2.24, 2.45) is 10.2 Å². The van der Waals surface area contributed by atoms with E-state index in [-0.39, 0.29) is 45.5 Å².